The zero-order valence-electron chi connectivity index (χ0n) is 18.8. The third kappa shape index (κ3) is 5.38. The third-order valence-corrected chi connectivity index (χ3v) is 5.62. The summed E-state index contributed by atoms with van der Waals surface area (Å²) in [7, 11) is 1.71. The predicted molar refractivity (Wildman–Crippen MR) is 127 cm³/mol. The normalized spacial score (nSPS) is 11.2. The molecule has 0 amide bonds. The van der Waals surface area contributed by atoms with Crippen LogP contribution in [0.15, 0.2) is 42.5 Å². The Morgan fingerprint density at radius 2 is 1.13 bits per heavy atom. The summed E-state index contributed by atoms with van der Waals surface area (Å²) in [4.78, 5) is 0. The van der Waals surface area contributed by atoms with Crippen molar-refractivity contribution in [2.24, 2.45) is 0 Å². The Kier molecular flexibility index (Phi) is 8.67. The van der Waals surface area contributed by atoms with Crippen LogP contribution < -0.4 is 14.2 Å². The average Bonchev–Trinajstić information content (AvgIpc) is 2.79. The monoisotopic (exact) mass is 408 g/mol. The fraction of sp³-hybridized carbons (Fsp3) is 0.481. The van der Waals surface area contributed by atoms with Crippen LogP contribution >= 0.6 is 0 Å². The maximum Gasteiger partial charge on any atom is 0.135 e. The van der Waals surface area contributed by atoms with Gasteiger partial charge in [-0.3, -0.25) is 0 Å². The van der Waals surface area contributed by atoms with Crippen molar-refractivity contribution in [3.63, 3.8) is 0 Å². The molecule has 0 aliphatic rings. The smallest absolute Gasteiger partial charge is 0.135 e. The number of hydrogen-bond acceptors (Lipinski definition) is 3. The predicted octanol–water partition coefficient (Wildman–Crippen LogP) is 7.92. The molecule has 0 aromatic heterocycles. The van der Waals surface area contributed by atoms with E-state index in [2.05, 4.69) is 50.2 Å². The molecule has 0 N–H and O–H groups in total. The van der Waals surface area contributed by atoms with Gasteiger partial charge in [-0.1, -0.05) is 76.6 Å². The molecule has 0 saturated carbocycles. The zero-order valence-corrected chi connectivity index (χ0v) is 18.8. The molecule has 0 radical (unpaired) electrons. The van der Waals surface area contributed by atoms with Gasteiger partial charge in [0, 0.05) is 21.5 Å². The van der Waals surface area contributed by atoms with E-state index >= 15 is 0 Å². The summed E-state index contributed by atoms with van der Waals surface area (Å²) in [5.74, 6) is 2.73. The van der Waals surface area contributed by atoms with Gasteiger partial charge in [0.25, 0.3) is 0 Å². The van der Waals surface area contributed by atoms with Crippen LogP contribution in [0.5, 0.6) is 17.2 Å². The van der Waals surface area contributed by atoms with Gasteiger partial charge in [0.15, 0.2) is 0 Å². The first-order valence-electron chi connectivity index (χ1n) is 11.6. The Bertz CT molecular complexity index is 932. The Balaban J connectivity index is 1.99. The van der Waals surface area contributed by atoms with E-state index in [9.17, 15) is 0 Å². The first-order valence-corrected chi connectivity index (χ1v) is 11.6. The molecule has 162 valence electrons. The molecule has 0 unspecified atom stereocenters. The first kappa shape index (κ1) is 22.3. The Hall–Kier alpha value is -2.42. The molecule has 3 nitrogen and oxygen atoms in total. The molecule has 3 aromatic carbocycles. The minimum absolute atomic E-state index is 0.730. The van der Waals surface area contributed by atoms with Gasteiger partial charge in [-0.25, -0.2) is 0 Å². The number of unbranched alkanes of at least 4 members (excludes halogenated alkanes) is 6. The van der Waals surface area contributed by atoms with E-state index in [1.165, 1.54) is 38.5 Å². The summed E-state index contributed by atoms with van der Waals surface area (Å²) in [5.41, 5.74) is 0. The number of methoxy groups -OCH3 is 1. The number of hydrogen-bond donors (Lipinski definition) is 0. The highest BCUT2D eigenvalue weighted by atomic mass is 16.5. The Morgan fingerprint density at radius 1 is 0.600 bits per heavy atom. The van der Waals surface area contributed by atoms with E-state index in [0.29, 0.717) is 0 Å². The van der Waals surface area contributed by atoms with Crippen LogP contribution in [0.3, 0.4) is 0 Å². The molecule has 0 saturated heterocycles. The van der Waals surface area contributed by atoms with Gasteiger partial charge in [0.05, 0.1) is 20.3 Å². The second kappa shape index (κ2) is 11.7. The lowest BCUT2D eigenvalue weighted by Crippen LogP contribution is -2.02. The van der Waals surface area contributed by atoms with Crippen LogP contribution in [0.2, 0.25) is 0 Å². The van der Waals surface area contributed by atoms with Crippen LogP contribution in [-0.4, -0.2) is 20.3 Å². The van der Waals surface area contributed by atoms with Gasteiger partial charge in [-0.2, -0.15) is 0 Å². The van der Waals surface area contributed by atoms with Crippen molar-refractivity contribution in [3.8, 4) is 17.2 Å². The average molecular weight is 409 g/mol. The summed E-state index contributed by atoms with van der Waals surface area (Å²) < 4.78 is 18.3. The van der Waals surface area contributed by atoms with Crippen molar-refractivity contribution in [1.29, 1.82) is 0 Å². The molecule has 0 bridgehead atoms. The minimum atomic E-state index is 0.730. The van der Waals surface area contributed by atoms with E-state index in [1.807, 2.05) is 6.07 Å². The van der Waals surface area contributed by atoms with Crippen LogP contribution in [-0.2, 0) is 0 Å². The maximum absolute atomic E-state index is 6.38. The molecule has 0 aliphatic carbocycles. The molecular formula is C27H36O3. The molecule has 30 heavy (non-hydrogen) atoms. The van der Waals surface area contributed by atoms with E-state index in [0.717, 1.165) is 64.8 Å². The third-order valence-electron chi connectivity index (χ3n) is 5.62. The van der Waals surface area contributed by atoms with E-state index in [1.54, 1.807) is 7.11 Å². The van der Waals surface area contributed by atoms with Gasteiger partial charge in [0.2, 0.25) is 0 Å². The quantitative estimate of drug-likeness (QED) is 0.212. The van der Waals surface area contributed by atoms with Gasteiger partial charge in [-0.05, 0) is 31.0 Å². The molecule has 3 heteroatoms. The highest BCUT2D eigenvalue weighted by molar-refractivity contribution is 6.11. The van der Waals surface area contributed by atoms with E-state index < -0.39 is 0 Å². The highest BCUT2D eigenvalue weighted by Gasteiger charge is 2.17. The summed E-state index contributed by atoms with van der Waals surface area (Å²) in [6.45, 7) is 5.93. The number of benzene rings is 3. The molecule has 0 fully saturated rings. The zero-order chi connectivity index (χ0) is 21.2. The van der Waals surface area contributed by atoms with Crippen LogP contribution in [0.25, 0.3) is 21.5 Å². The van der Waals surface area contributed by atoms with Crippen LogP contribution in [0.1, 0.15) is 65.2 Å². The van der Waals surface area contributed by atoms with Crippen molar-refractivity contribution in [1.82, 2.24) is 0 Å². The number of ether oxygens (including phenoxy) is 3. The van der Waals surface area contributed by atoms with Gasteiger partial charge >= 0.3 is 0 Å². The lowest BCUT2D eigenvalue weighted by Gasteiger charge is -2.18. The van der Waals surface area contributed by atoms with E-state index in [-0.39, 0.29) is 0 Å². The van der Waals surface area contributed by atoms with Crippen molar-refractivity contribution < 1.29 is 14.2 Å². The fourth-order valence-corrected chi connectivity index (χ4v) is 3.92. The van der Waals surface area contributed by atoms with Gasteiger partial charge in [0.1, 0.15) is 17.2 Å². The lowest BCUT2D eigenvalue weighted by atomic mass is 10.00. The molecule has 3 aromatic rings. The second-order valence-corrected chi connectivity index (χ2v) is 7.93. The largest absolute Gasteiger partial charge is 0.497 e. The van der Waals surface area contributed by atoms with Crippen molar-refractivity contribution >= 4 is 21.5 Å². The topological polar surface area (TPSA) is 27.7 Å². The molecule has 0 atom stereocenters. The summed E-state index contributed by atoms with van der Waals surface area (Å²) in [6, 6.07) is 14.6. The van der Waals surface area contributed by atoms with Gasteiger partial charge in [-0.15, -0.1) is 0 Å². The summed E-state index contributed by atoms with van der Waals surface area (Å²) in [6.07, 6.45) is 9.53. The Morgan fingerprint density at radius 3 is 1.67 bits per heavy atom. The lowest BCUT2D eigenvalue weighted by molar-refractivity contribution is 0.307. The molecule has 0 aliphatic heterocycles. The summed E-state index contributed by atoms with van der Waals surface area (Å²) >= 11 is 0. The highest BCUT2D eigenvalue weighted by Crippen LogP contribution is 2.44. The molecule has 0 heterocycles. The Labute approximate surface area is 181 Å². The number of fused-ring (bicyclic) bond motifs is 2. The fourth-order valence-electron chi connectivity index (χ4n) is 3.92. The molecule has 3 rings (SSSR count). The molecular weight excluding hydrogens is 372 g/mol. The standard InChI is InChI=1S/C27H36O3/c1-4-6-8-12-18-29-26-22-14-10-11-15-23(22)27(30-19-13-9-7-5-2)25-20-21(28-3)16-17-24(25)26/h10-11,14-17,20H,4-9,12-13,18-19H2,1-3H3. The maximum atomic E-state index is 6.38. The second-order valence-electron chi connectivity index (χ2n) is 7.93. The van der Waals surface area contributed by atoms with Gasteiger partial charge < -0.3 is 14.2 Å². The van der Waals surface area contributed by atoms with Crippen molar-refractivity contribution in [2.75, 3.05) is 20.3 Å². The summed E-state index contributed by atoms with van der Waals surface area (Å²) in [5, 5.41) is 4.38. The van der Waals surface area contributed by atoms with Crippen molar-refractivity contribution in [2.45, 2.75) is 65.2 Å². The molecule has 0 spiro atoms. The van der Waals surface area contributed by atoms with Crippen molar-refractivity contribution in [3.05, 3.63) is 42.5 Å². The van der Waals surface area contributed by atoms with E-state index in [4.69, 9.17) is 14.2 Å². The number of rotatable bonds is 13. The first-order chi connectivity index (χ1) is 14.8. The van der Waals surface area contributed by atoms with Crippen LogP contribution in [0.4, 0.5) is 0 Å². The minimum Gasteiger partial charge on any atom is -0.497 e. The van der Waals surface area contributed by atoms with Crippen LogP contribution in [0, 0.1) is 0 Å². The SMILES string of the molecule is CCCCCCOc1c2ccccc2c(OCCCCCC)c2cc(OC)ccc12.